The van der Waals surface area contributed by atoms with Gasteiger partial charge in [0.1, 0.15) is 0 Å². The van der Waals surface area contributed by atoms with Crippen LogP contribution in [0, 0.1) is 0 Å². The first-order valence-electron chi connectivity index (χ1n) is 8.09. The van der Waals surface area contributed by atoms with Gasteiger partial charge in [-0.25, -0.2) is 13.1 Å². The predicted octanol–water partition coefficient (Wildman–Crippen LogP) is 4.46. The molecule has 0 aromatic heterocycles. The lowest BCUT2D eigenvalue weighted by Gasteiger charge is -2.21. The van der Waals surface area contributed by atoms with Crippen molar-refractivity contribution >= 4 is 38.9 Å². The van der Waals surface area contributed by atoms with E-state index in [4.69, 9.17) is 23.2 Å². The van der Waals surface area contributed by atoms with E-state index in [2.05, 4.69) is 23.5 Å². The molecule has 136 valence electrons. The molecule has 0 aliphatic rings. The van der Waals surface area contributed by atoms with Crippen LogP contribution in [0.25, 0.3) is 0 Å². The third-order valence-corrected chi connectivity index (χ3v) is 5.78. The number of hydrogen-bond donors (Lipinski definition) is 1. The smallest absolute Gasteiger partial charge is 0.216 e. The molecule has 2 aromatic rings. The molecule has 0 amide bonds. The molecule has 25 heavy (non-hydrogen) atoms. The van der Waals surface area contributed by atoms with Gasteiger partial charge in [0.15, 0.2) is 0 Å². The van der Waals surface area contributed by atoms with Crippen molar-refractivity contribution in [2.45, 2.75) is 26.1 Å². The van der Waals surface area contributed by atoms with Crippen molar-refractivity contribution in [1.29, 1.82) is 0 Å². The van der Waals surface area contributed by atoms with Crippen LogP contribution in [0.5, 0.6) is 0 Å². The van der Waals surface area contributed by atoms with E-state index in [-0.39, 0.29) is 12.3 Å². The fourth-order valence-corrected chi connectivity index (χ4v) is 4.21. The lowest BCUT2D eigenvalue weighted by Crippen LogP contribution is -2.25. The lowest BCUT2D eigenvalue weighted by molar-refractivity contribution is 0.580. The van der Waals surface area contributed by atoms with Crippen molar-refractivity contribution in [3.8, 4) is 0 Å². The first-order valence-corrected chi connectivity index (χ1v) is 10.5. The summed E-state index contributed by atoms with van der Waals surface area (Å²) < 4.78 is 27.1. The van der Waals surface area contributed by atoms with Crippen LogP contribution in [0.15, 0.2) is 42.5 Å². The Morgan fingerprint density at radius 2 is 1.64 bits per heavy atom. The molecule has 0 radical (unpaired) electrons. The van der Waals surface area contributed by atoms with Crippen LogP contribution in [0.4, 0.5) is 5.69 Å². The summed E-state index contributed by atoms with van der Waals surface area (Å²) in [7, 11) is -3.49. The molecule has 0 atom stereocenters. The van der Waals surface area contributed by atoms with E-state index in [1.54, 1.807) is 18.2 Å². The Kier molecular flexibility index (Phi) is 7.14. The van der Waals surface area contributed by atoms with Gasteiger partial charge >= 0.3 is 0 Å². The van der Waals surface area contributed by atoms with E-state index < -0.39 is 10.0 Å². The third-order valence-electron chi connectivity index (χ3n) is 3.92. The van der Waals surface area contributed by atoms with Crippen molar-refractivity contribution in [1.82, 2.24) is 4.72 Å². The number of anilines is 1. The fraction of sp³-hybridized carbons (Fsp3) is 0.333. The van der Waals surface area contributed by atoms with Crippen molar-refractivity contribution in [3.63, 3.8) is 0 Å². The summed E-state index contributed by atoms with van der Waals surface area (Å²) in [4.78, 5) is 2.23. The first-order chi connectivity index (χ1) is 11.8. The number of benzene rings is 2. The summed E-state index contributed by atoms with van der Waals surface area (Å²) in [6, 6.07) is 12.7. The minimum absolute atomic E-state index is 0.180. The topological polar surface area (TPSA) is 49.4 Å². The zero-order valence-electron chi connectivity index (χ0n) is 14.3. The fourth-order valence-electron chi connectivity index (χ4n) is 2.50. The molecule has 0 heterocycles. The maximum absolute atomic E-state index is 12.3. The molecule has 4 nitrogen and oxygen atoms in total. The summed E-state index contributed by atoms with van der Waals surface area (Å²) in [6.07, 6.45) is 0. The Hall–Kier alpha value is -1.27. The highest BCUT2D eigenvalue weighted by molar-refractivity contribution is 7.88. The van der Waals surface area contributed by atoms with E-state index >= 15 is 0 Å². The number of nitrogens with one attached hydrogen (secondary N) is 1. The quantitative estimate of drug-likeness (QED) is 0.711. The summed E-state index contributed by atoms with van der Waals surface area (Å²) >= 11 is 11.9. The molecule has 0 unspecified atom stereocenters. The van der Waals surface area contributed by atoms with Crippen LogP contribution in [0.3, 0.4) is 0 Å². The Morgan fingerprint density at radius 3 is 2.20 bits per heavy atom. The summed E-state index contributed by atoms with van der Waals surface area (Å²) in [5.74, 6) is -0.180. The normalized spacial score (nSPS) is 11.5. The van der Waals surface area contributed by atoms with Gasteiger partial charge in [0.25, 0.3) is 0 Å². The van der Waals surface area contributed by atoms with Crippen LogP contribution in [0.1, 0.15) is 25.0 Å². The zero-order chi connectivity index (χ0) is 18.4. The van der Waals surface area contributed by atoms with E-state index in [1.807, 2.05) is 24.3 Å². The largest absolute Gasteiger partial charge is 0.372 e. The minimum Gasteiger partial charge on any atom is -0.372 e. The van der Waals surface area contributed by atoms with E-state index in [0.717, 1.165) is 24.3 Å². The lowest BCUT2D eigenvalue weighted by atomic mass is 10.2. The molecule has 1 N–H and O–H groups in total. The van der Waals surface area contributed by atoms with E-state index in [9.17, 15) is 8.42 Å². The van der Waals surface area contributed by atoms with Crippen LogP contribution in [-0.4, -0.2) is 21.5 Å². The molecular formula is C18H22Cl2N2O2S. The van der Waals surface area contributed by atoms with Gasteiger partial charge < -0.3 is 4.90 Å². The monoisotopic (exact) mass is 400 g/mol. The van der Waals surface area contributed by atoms with Crippen LogP contribution in [0.2, 0.25) is 10.0 Å². The maximum atomic E-state index is 12.3. The zero-order valence-corrected chi connectivity index (χ0v) is 16.6. The molecule has 0 bridgehead atoms. The maximum Gasteiger partial charge on any atom is 0.216 e. The Balaban J connectivity index is 1.99. The second-order valence-corrected chi connectivity index (χ2v) is 8.31. The van der Waals surface area contributed by atoms with Gasteiger partial charge in [-0.05, 0) is 49.2 Å². The van der Waals surface area contributed by atoms with Crippen LogP contribution >= 0.6 is 23.2 Å². The Labute approximate surface area is 159 Å². The minimum atomic E-state index is -3.49. The van der Waals surface area contributed by atoms with Crippen molar-refractivity contribution < 1.29 is 8.42 Å². The van der Waals surface area contributed by atoms with E-state index in [1.165, 1.54) is 0 Å². The predicted molar refractivity (Wildman–Crippen MR) is 106 cm³/mol. The van der Waals surface area contributed by atoms with Gasteiger partial charge in [-0.3, -0.25) is 0 Å². The van der Waals surface area contributed by atoms with Gasteiger partial charge in [-0.15, -0.1) is 0 Å². The number of hydrogen-bond acceptors (Lipinski definition) is 3. The SMILES string of the molecule is CCN(CC)c1ccc(CNS(=O)(=O)Cc2ccc(Cl)cc2Cl)cc1. The van der Waals surface area contributed by atoms with Gasteiger partial charge in [0.05, 0.1) is 5.75 Å². The van der Waals surface area contributed by atoms with Crippen LogP contribution < -0.4 is 9.62 Å². The average molecular weight is 401 g/mol. The van der Waals surface area contributed by atoms with Crippen molar-refractivity contribution in [3.05, 3.63) is 63.6 Å². The van der Waals surface area contributed by atoms with Crippen LogP contribution in [-0.2, 0) is 22.3 Å². The summed E-state index contributed by atoms with van der Waals surface area (Å²) in [5.41, 5.74) is 2.56. The first kappa shape index (κ1) is 20.0. The molecule has 0 fully saturated rings. The molecule has 0 aliphatic heterocycles. The number of nitrogens with zero attached hydrogens (tertiary/aromatic N) is 1. The van der Waals surface area contributed by atoms with Crippen molar-refractivity contribution in [2.75, 3.05) is 18.0 Å². The Bertz CT molecular complexity index is 804. The summed E-state index contributed by atoms with van der Waals surface area (Å²) in [6.45, 7) is 6.32. The second-order valence-electron chi connectivity index (χ2n) is 5.65. The highest BCUT2D eigenvalue weighted by Crippen LogP contribution is 2.22. The molecular weight excluding hydrogens is 379 g/mol. The molecule has 2 aromatic carbocycles. The number of rotatable bonds is 8. The van der Waals surface area contributed by atoms with Gasteiger partial charge in [-0.1, -0.05) is 41.4 Å². The van der Waals surface area contributed by atoms with Gasteiger partial charge in [-0.2, -0.15) is 0 Å². The van der Waals surface area contributed by atoms with E-state index in [0.29, 0.717) is 15.6 Å². The third kappa shape index (κ3) is 5.89. The second kappa shape index (κ2) is 8.90. The Morgan fingerprint density at radius 1 is 1.00 bits per heavy atom. The highest BCUT2D eigenvalue weighted by Gasteiger charge is 2.14. The molecule has 0 aliphatic carbocycles. The molecule has 0 spiro atoms. The standard InChI is InChI=1S/C18H22Cl2N2O2S/c1-3-22(4-2)17-9-5-14(6-10-17)12-21-25(23,24)13-15-7-8-16(19)11-18(15)20/h5-11,21H,3-4,12-13H2,1-2H3. The molecule has 2 rings (SSSR count). The van der Waals surface area contributed by atoms with Gasteiger partial charge in [0.2, 0.25) is 10.0 Å². The number of halogens is 2. The highest BCUT2D eigenvalue weighted by atomic mass is 35.5. The average Bonchev–Trinajstić information content (AvgIpc) is 2.58. The van der Waals surface area contributed by atoms with Crippen molar-refractivity contribution in [2.24, 2.45) is 0 Å². The summed E-state index contributed by atoms with van der Waals surface area (Å²) in [5, 5.41) is 0.828. The molecule has 0 saturated heterocycles. The molecule has 0 saturated carbocycles. The van der Waals surface area contributed by atoms with Gasteiger partial charge in [0, 0.05) is 35.4 Å². The number of sulfonamides is 1. The molecule has 7 heteroatoms.